The third kappa shape index (κ3) is 33.7. The molecule has 0 fully saturated rings. The minimum Gasteiger partial charge on any atom is -0.374 e. The van der Waals surface area contributed by atoms with E-state index in [9.17, 15) is 5.11 Å². The van der Waals surface area contributed by atoms with Crippen LogP contribution in [0.4, 0.5) is 0 Å². The van der Waals surface area contributed by atoms with Crippen molar-refractivity contribution in [1.82, 2.24) is 5.48 Å². The largest absolute Gasteiger partial charge is 0.394 e. The molecule has 27 heavy (non-hydrogen) atoms. The molecule has 8 heteroatoms. The van der Waals surface area contributed by atoms with Crippen molar-refractivity contribution in [2.45, 2.75) is 116 Å². The van der Waals surface area contributed by atoms with Gasteiger partial charge in [-0.15, -0.1) is 0 Å². The molecule has 1 unspecified atom stereocenters. The van der Waals surface area contributed by atoms with Crippen LogP contribution in [0.3, 0.4) is 0 Å². The summed E-state index contributed by atoms with van der Waals surface area (Å²) in [6.45, 7) is 4.04. The lowest BCUT2D eigenvalue weighted by Gasteiger charge is -2.22. The van der Waals surface area contributed by atoms with Crippen LogP contribution in [0.1, 0.15) is 110 Å². The topological polar surface area (TPSA) is 116 Å². The lowest BCUT2D eigenvalue weighted by Crippen LogP contribution is -2.41. The van der Waals surface area contributed by atoms with Crippen LogP contribution < -0.4 is 5.48 Å². The lowest BCUT2D eigenvalue weighted by molar-refractivity contribution is -0.106. The van der Waals surface area contributed by atoms with E-state index < -0.39 is 16.1 Å². The molecular formula is C19H43NO6S. The Balaban J connectivity index is 0. The van der Waals surface area contributed by atoms with Crippen molar-refractivity contribution in [3.05, 3.63) is 0 Å². The minimum atomic E-state index is -4.67. The predicted molar refractivity (Wildman–Crippen MR) is 110 cm³/mol. The summed E-state index contributed by atoms with van der Waals surface area (Å²) in [6.07, 6.45) is 19.8. The molecule has 0 saturated heterocycles. The Hall–Kier alpha value is -0.250. The highest BCUT2D eigenvalue weighted by Crippen LogP contribution is 2.15. The van der Waals surface area contributed by atoms with Crippen molar-refractivity contribution in [2.75, 3.05) is 7.11 Å². The predicted octanol–water partition coefficient (Wildman–Crippen LogP) is 5.06. The zero-order valence-corrected chi connectivity index (χ0v) is 18.4. The molecule has 0 radical (unpaired) electrons. The van der Waals surface area contributed by atoms with Crippen molar-refractivity contribution in [3.63, 3.8) is 0 Å². The Kier molecular flexibility index (Phi) is 20.5. The van der Waals surface area contributed by atoms with Gasteiger partial charge in [0.05, 0.1) is 7.11 Å². The quantitative estimate of drug-likeness (QED) is 0.114. The summed E-state index contributed by atoms with van der Waals surface area (Å²) in [6, 6.07) is 0. The highest BCUT2D eigenvalue weighted by atomic mass is 32.3. The van der Waals surface area contributed by atoms with Crippen LogP contribution in [-0.2, 0) is 15.2 Å². The van der Waals surface area contributed by atoms with Gasteiger partial charge in [0.25, 0.3) is 0 Å². The maximum Gasteiger partial charge on any atom is 0.394 e. The van der Waals surface area contributed by atoms with Gasteiger partial charge < -0.3 is 9.94 Å². The molecule has 0 aromatic carbocycles. The Morgan fingerprint density at radius 2 is 1.07 bits per heavy atom. The van der Waals surface area contributed by atoms with Gasteiger partial charge in [-0.05, 0) is 19.8 Å². The summed E-state index contributed by atoms with van der Waals surface area (Å²) in [7, 11) is -3.13. The number of nitrogens with one attached hydrogen (secondary N) is 1. The van der Waals surface area contributed by atoms with Crippen LogP contribution in [0.5, 0.6) is 0 Å². The van der Waals surface area contributed by atoms with Gasteiger partial charge in [-0.25, -0.2) is 0 Å². The van der Waals surface area contributed by atoms with Crippen LogP contribution in [0.15, 0.2) is 0 Å². The molecule has 166 valence electrons. The minimum absolute atomic E-state index is 0.749. The van der Waals surface area contributed by atoms with Gasteiger partial charge in [-0.1, -0.05) is 90.4 Å². The second-order valence-corrected chi connectivity index (χ2v) is 8.27. The normalized spacial score (nSPS) is 13.7. The number of unbranched alkanes of at least 4 members (excludes halogenated alkanes) is 13. The zero-order chi connectivity index (χ0) is 21.0. The van der Waals surface area contributed by atoms with Gasteiger partial charge in [0.2, 0.25) is 0 Å². The molecule has 1 atom stereocenters. The Morgan fingerprint density at radius 3 is 1.37 bits per heavy atom. The maximum absolute atomic E-state index is 9.87. The monoisotopic (exact) mass is 413 g/mol. The van der Waals surface area contributed by atoms with Crippen LogP contribution in [0.25, 0.3) is 0 Å². The molecule has 0 aromatic heterocycles. The van der Waals surface area contributed by atoms with Crippen molar-refractivity contribution in [3.8, 4) is 0 Å². The van der Waals surface area contributed by atoms with Gasteiger partial charge in [0.15, 0.2) is 0 Å². The molecule has 0 spiro atoms. The molecule has 0 aromatic rings. The fourth-order valence-electron chi connectivity index (χ4n) is 2.93. The van der Waals surface area contributed by atoms with Crippen molar-refractivity contribution >= 4 is 10.4 Å². The van der Waals surface area contributed by atoms with Crippen molar-refractivity contribution in [2.24, 2.45) is 0 Å². The first kappa shape index (κ1) is 29.0. The average molecular weight is 414 g/mol. The standard InChI is InChI=1S/C19H41NO2.H2O4S/c1-4-5-6-7-8-9-10-11-12-13-14-15-16-17-18-19(2,21)20-22-3;1-5(2,3)4/h20-21H,4-18H2,1-3H3;(H2,1,2,3,4). The number of rotatable bonds is 17. The van der Waals surface area contributed by atoms with Gasteiger partial charge in [0, 0.05) is 0 Å². The molecular weight excluding hydrogens is 370 g/mol. The molecule has 0 rings (SSSR count). The summed E-state index contributed by atoms with van der Waals surface area (Å²) >= 11 is 0. The fraction of sp³-hybridized carbons (Fsp3) is 1.00. The molecule has 0 amide bonds. The first-order valence-electron chi connectivity index (χ1n) is 10.3. The maximum atomic E-state index is 9.87. The van der Waals surface area contributed by atoms with Gasteiger partial charge in [-0.2, -0.15) is 13.9 Å². The number of hydrogen-bond acceptors (Lipinski definition) is 5. The molecule has 4 N–H and O–H groups in total. The third-order valence-electron chi connectivity index (χ3n) is 4.34. The summed E-state index contributed by atoms with van der Waals surface area (Å²) in [4.78, 5) is 4.78. The van der Waals surface area contributed by atoms with Crippen LogP contribution in [0, 0.1) is 0 Å². The molecule has 0 bridgehead atoms. The Bertz CT molecular complexity index is 393. The molecule has 0 heterocycles. The molecule has 7 nitrogen and oxygen atoms in total. The van der Waals surface area contributed by atoms with E-state index in [0.717, 1.165) is 12.8 Å². The molecule has 0 saturated carbocycles. The van der Waals surface area contributed by atoms with Crippen molar-refractivity contribution in [1.29, 1.82) is 0 Å². The van der Waals surface area contributed by atoms with E-state index >= 15 is 0 Å². The second-order valence-electron chi connectivity index (χ2n) is 7.37. The van der Waals surface area contributed by atoms with Crippen LogP contribution >= 0.6 is 0 Å². The third-order valence-corrected chi connectivity index (χ3v) is 4.34. The van der Waals surface area contributed by atoms with E-state index in [1.807, 2.05) is 0 Å². The van der Waals surface area contributed by atoms with Gasteiger partial charge in [-0.3, -0.25) is 9.11 Å². The average Bonchev–Trinajstić information content (AvgIpc) is 2.53. The highest BCUT2D eigenvalue weighted by molar-refractivity contribution is 7.79. The highest BCUT2D eigenvalue weighted by Gasteiger charge is 2.18. The first-order chi connectivity index (χ1) is 12.6. The molecule has 0 aliphatic heterocycles. The fourth-order valence-corrected chi connectivity index (χ4v) is 2.93. The Labute approximate surface area is 166 Å². The SMILES string of the molecule is CCCCCCCCCCCCCCCCC(C)(O)NOC.O=S(=O)(O)O. The second kappa shape index (κ2) is 19.1. The van der Waals surface area contributed by atoms with Gasteiger partial charge >= 0.3 is 10.4 Å². The molecule has 0 aliphatic carbocycles. The smallest absolute Gasteiger partial charge is 0.374 e. The van der Waals surface area contributed by atoms with Crippen LogP contribution in [-0.4, -0.2) is 35.5 Å². The summed E-state index contributed by atoms with van der Waals surface area (Å²) in [5.41, 5.74) is 1.74. The summed E-state index contributed by atoms with van der Waals surface area (Å²) < 4.78 is 31.6. The van der Waals surface area contributed by atoms with Crippen LogP contribution in [0.2, 0.25) is 0 Å². The Morgan fingerprint density at radius 1 is 0.778 bits per heavy atom. The summed E-state index contributed by atoms with van der Waals surface area (Å²) in [5, 5.41) is 9.87. The molecule has 0 aliphatic rings. The van der Waals surface area contributed by atoms with E-state index in [-0.39, 0.29) is 0 Å². The number of hydroxylamine groups is 1. The number of aliphatic hydroxyl groups is 1. The number of hydrogen-bond donors (Lipinski definition) is 4. The van der Waals surface area contributed by atoms with E-state index in [1.165, 1.54) is 83.5 Å². The zero-order valence-electron chi connectivity index (χ0n) is 17.6. The van der Waals surface area contributed by atoms with Gasteiger partial charge in [0.1, 0.15) is 5.72 Å². The van der Waals surface area contributed by atoms with E-state index in [4.69, 9.17) is 22.4 Å². The van der Waals surface area contributed by atoms with E-state index in [1.54, 1.807) is 14.0 Å². The van der Waals surface area contributed by atoms with Crippen molar-refractivity contribution < 1.29 is 27.5 Å². The summed E-state index contributed by atoms with van der Waals surface area (Å²) in [5.74, 6) is 0. The lowest BCUT2D eigenvalue weighted by atomic mass is 10.0. The van der Waals surface area contributed by atoms with E-state index in [2.05, 4.69) is 12.4 Å². The first-order valence-corrected chi connectivity index (χ1v) is 11.7. The van der Waals surface area contributed by atoms with E-state index in [0.29, 0.717) is 0 Å².